The summed E-state index contributed by atoms with van der Waals surface area (Å²) in [5.74, 6) is -0.284. The van der Waals surface area contributed by atoms with Crippen LogP contribution in [-0.4, -0.2) is 22.3 Å². The van der Waals surface area contributed by atoms with E-state index >= 15 is 0 Å². The van der Waals surface area contributed by atoms with Gasteiger partial charge in [-0.2, -0.15) is 0 Å². The fourth-order valence-electron chi connectivity index (χ4n) is 1.21. The van der Waals surface area contributed by atoms with Gasteiger partial charge < -0.3 is 5.32 Å². The highest BCUT2D eigenvalue weighted by Gasteiger charge is 2.11. The van der Waals surface area contributed by atoms with Crippen LogP contribution in [0, 0.1) is 5.82 Å². The van der Waals surface area contributed by atoms with Crippen molar-refractivity contribution in [1.29, 1.82) is 0 Å². The molecule has 0 fully saturated rings. The predicted molar refractivity (Wildman–Crippen MR) is 83.9 cm³/mol. The molecule has 7 heteroatoms. The first-order chi connectivity index (χ1) is 9.26. The third kappa shape index (κ3) is 7.30. The Labute approximate surface area is 127 Å². The monoisotopic (exact) mass is 315 g/mol. The number of carbonyl (C=O) groups is 1. The fourth-order valence-corrected chi connectivity index (χ4v) is 2.27. The van der Waals surface area contributed by atoms with Crippen molar-refractivity contribution in [3.05, 3.63) is 30.1 Å². The minimum Gasteiger partial charge on any atom is -0.357 e. The summed E-state index contributed by atoms with van der Waals surface area (Å²) in [4.78, 5) is 12.4. The van der Waals surface area contributed by atoms with E-state index in [1.807, 2.05) is 20.8 Å². The smallest absolute Gasteiger partial charge is 0.248 e. The number of hydrogen-bond acceptors (Lipinski definition) is 3. The van der Waals surface area contributed by atoms with Crippen molar-refractivity contribution < 1.29 is 9.18 Å². The van der Waals surface area contributed by atoms with Crippen molar-refractivity contribution in [1.82, 2.24) is 16.2 Å². The molecule has 0 bridgehead atoms. The Morgan fingerprint density at radius 3 is 2.40 bits per heavy atom. The number of nitrogens with one attached hydrogen (secondary N) is 3. The van der Waals surface area contributed by atoms with Crippen LogP contribution in [0.4, 0.5) is 4.39 Å². The maximum atomic E-state index is 12.7. The zero-order valence-electron chi connectivity index (χ0n) is 11.6. The SMILES string of the molecule is CC(C)(C)NC(=S)NNC(=O)CSc1ccc(F)cc1. The molecule has 0 aromatic heterocycles. The minimum absolute atomic E-state index is 0.169. The third-order valence-corrected chi connectivity index (χ3v) is 3.20. The van der Waals surface area contributed by atoms with Gasteiger partial charge in [0.15, 0.2) is 5.11 Å². The van der Waals surface area contributed by atoms with Gasteiger partial charge in [-0.05, 0) is 57.3 Å². The van der Waals surface area contributed by atoms with E-state index in [9.17, 15) is 9.18 Å². The molecule has 1 rings (SSSR count). The molecule has 20 heavy (non-hydrogen) atoms. The lowest BCUT2D eigenvalue weighted by Crippen LogP contribution is -2.52. The lowest BCUT2D eigenvalue weighted by molar-refractivity contribution is -0.119. The van der Waals surface area contributed by atoms with Gasteiger partial charge in [0.05, 0.1) is 5.75 Å². The van der Waals surface area contributed by atoms with Crippen molar-refractivity contribution in [2.45, 2.75) is 31.2 Å². The van der Waals surface area contributed by atoms with E-state index < -0.39 is 0 Å². The van der Waals surface area contributed by atoms with Gasteiger partial charge in [0, 0.05) is 10.4 Å². The fraction of sp³-hybridized carbons (Fsp3) is 0.385. The third-order valence-electron chi connectivity index (χ3n) is 1.99. The molecule has 0 aliphatic rings. The van der Waals surface area contributed by atoms with E-state index in [1.54, 1.807) is 12.1 Å². The first kappa shape index (κ1) is 16.7. The molecule has 1 aromatic carbocycles. The average Bonchev–Trinajstić information content (AvgIpc) is 2.33. The second kappa shape index (κ2) is 7.44. The normalized spacial score (nSPS) is 10.8. The summed E-state index contributed by atoms with van der Waals surface area (Å²) < 4.78 is 12.7. The lowest BCUT2D eigenvalue weighted by Gasteiger charge is -2.23. The standard InChI is InChI=1S/C13H18FN3OS2/c1-13(2,3)15-12(19)17-16-11(18)8-20-10-6-4-9(14)5-7-10/h4-7H,8H2,1-3H3,(H,16,18)(H2,15,17,19). The summed E-state index contributed by atoms with van der Waals surface area (Å²) in [7, 11) is 0. The molecule has 0 radical (unpaired) electrons. The molecule has 0 atom stereocenters. The van der Waals surface area contributed by atoms with Gasteiger partial charge >= 0.3 is 0 Å². The highest BCUT2D eigenvalue weighted by Crippen LogP contribution is 2.17. The molecule has 110 valence electrons. The van der Waals surface area contributed by atoms with Crippen molar-refractivity contribution in [2.75, 3.05) is 5.75 Å². The van der Waals surface area contributed by atoms with Crippen LogP contribution in [0.3, 0.4) is 0 Å². The van der Waals surface area contributed by atoms with Crippen LogP contribution in [-0.2, 0) is 4.79 Å². The van der Waals surface area contributed by atoms with Crippen LogP contribution >= 0.6 is 24.0 Å². The number of rotatable bonds is 3. The average molecular weight is 315 g/mol. The molecule has 0 spiro atoms. The van der Waals surface area contributed by atoms with E-state index in [1.165, 1.54) is 23.9 Å². The number of benzene rings is 1. The number of amides is 1. The maximum Gasteiger partial charge on any atom is 0.248 e. The van der Waals surface area contributed by atoms with Gasteiger partial charge in [-0.3, -0.25) is 15.6 Å². The molecule has 4 nitrogen and oxygen atoms in total. The quantitative estimate of drug-likeness (QED) is 0.454. The molecule has 3 N–H and O–H groups in total. The minimum atomic E-state index is -0.293. The molecular formula is C13H18FN3OS2. The van der Waals surface area contributed by atoms with Gasteiger partial charge in [-0.25, -0.2) is 4.39 Å². The summed E-state index contributed by atoms with van der Waals surface area (Å²) in [5.41, 5.74) is 4.96. The summed E-state index contributed by atoms with van der Waals surface area (Å²) >= 11 is 6.35. The zero-order chi connectivity index (χ0) is 15.2. The maximum absolute atomic E-state index is 12.7. The van der Waals surface area contributed by atoms with E-state index in [0.29, 0.717) is 5.11 Å². The highest BCUT2D eigenvalue weighted by molar-refractivity contribution is 8.00. The van der Waals surface area contributed by atoms with Crippen molar-refractivity contribution in [3.63, 3.8) is 0 Å². The number of halogens is 1. The number of hydrazine groups is 1. The molecular weight excluding hydrogens is 297 g/mol. The number of hydrogen-bond donors (Lipinski definition) is 3. The van der Waals surface area contributed by atoms with Crippen molar-refractivity contribution in [3.8, 4) is 0 Å². The number of thioether (sulfide) groups is 1. The number of carbonyl (C=O) groups excluding carboxylic acids is 1. The lowest BCUT2D eigenvalue weighted by atomic mass is 10.1. The van der Waals surface area contributed by atoms with Crippen LogP contribution in [0.25, 0.3) is 0 Å². The summed E-state index contributed by atoms with van der Waals surface area (Å²) in [6.07, 6.45) is 0. The predicted octanol–water partition coefficient (Wildman–Crippen LogP) is 2.21. The Balaban J connectivity index is 2.27. The number of thiocarbonyl (C=S) groups is 1. The van der Waals surface area contributed by atoms with Gasteiger partial charge in [0.1, 0.15) is 5.82 Å². The largest absolute Gasteiger partial charge is 0.357 e. The van der Waals surface area contributed by atoms with E-state index in [2.05, 4.69) is 16.2 Å². The molecule has 0 aliphatic heterocycles. The van der Waals surface area contributed by atoms with Crippen molar-refractivity contribution >= 4 is 35.0 Å². The van der Waals surface area contributed by atoms with Crippen molar-refractivity contribution in [2.24, 2.45) is 0 Å². The van der Waals surface area contributed by atoms with Crippen LogP contribution in [0.1, 0.15) is 20.8 Å². The Morgan fingerprint density at radius 1 is 1.25 bits per heavy atom. The summed E-state index contributed by atoms with van der Waals surface area (Å²) in [6.45, 7) is 5.90. The zero-order valence-corrected chi connectivity index (χ0v) is 13.3. The first-order valence-electron chi connectivity index (χ1n) is 6.01. The van der Waals surface area contributed by atoms with Gasteiger partial charge in [-0.1, -0.05) is 0 Å². The van der Waals surface area contributed by atoms with Gasteiger partial charge in [-0.15, -0.1) is 11.8 Å². The molecule has 0 heterocycles. The Kier molecular flexibility index (Phi) is 6.22. The van der Waals surface area contributed by atoms with E-state index in [-0.39, 0.29) is 23.0 Å². The summed E-state index contributed by atoms with van der Waals surface area (Å²) in [5, 5.41) is 3.37. The highest BCUT2D eigenvalue weighted by atomic mass is 32.2. The van der Waals surface area contributed by atoms with Gasteiger partial charge in [0.2, 0.25) is 5.91 Å². The van der Waals surface area contributed by atoms with E-state index in [0.717, 1.165) is 4.90 Å². The molecule has 1 aromatic rings. The molecule has 0 unspecified atom stereocenters. The Bertz CT molecular complexity index is 471. The molecule has 1 amide bonds. The summed E-state index contributed by atoms with van der Waals surface area (Å²) in [6, 6.07) is 5.99. The van der Waals surface area contributed by atoms with Crippen LogP contribution in [0.15, 0.2) is 29.2 Å². The topological polar surface area (TPSA) is 53.2 Å². The van der Waals surface area contributed by atoms with Crippen LogP contribution in [0.2, 0.25) is 0 Å². The van der Waals surface area contributed by atoms with E-state index in [4.69, 9.17) is 12.2 Å². The molecule has 0 aliphatic carbocycles. The van der Waals surface area contributed by atoms with Gasteiger partial charge in [0.25, 0.3) is 0 Å². The first-order valence-corrected chi connectivity index (χ1v) is 7.41. The van der Waals surface area contributed by atoms with Crippen LogP contribution in [0.5, 0.6) is 0 Å². The second-order valence-corrected chi connectivity index (χ2v) is 6.58. The molecule has 0 saturated heterocycles. The molecule has 0 saturated carbocycles. The Morgan fingerprint density at radius 2 is 1.85 bits per heavy atom. The second-order valence-electron chi connectivity index (χ2n) is 5.12. The Hall–Kier alpha value is -1.34. The van der Waals surface area contributed by atoms with Crippen LogP contribution < -0.4 is 16.2 Å².